The van der Waals surface area contributed by atoms with Crippen molar-refractivity contribution in [3.8, 4) is 0 Å². The number of hydrogen-bond donors (Lipinski definition) is 1. The third kappa shape index (κ3) is 2.45. The van der Waals surface area contributed by atoms with Crippen LogP contribution >= 0.6 is 0 Å². The van der Waals surface area contributed by atoms with Gasteiger partial charge in [0, 0.05) is 31.0 Å². The third-order valence-corrected chi connectivity index (χ3v) is 4.15. The number of ether oxygens (including phenoxy) is 1. The summed E-state index contributed by atoms with van der Waals surface area (Å²) in [5.41, 5.74) is 10.3. The molecule has 20 heavy (non-hydrogen) atoms. The molecule has 2 aliphatic heterocycles. The van der Waals surface area contributed by atoms with Crippen molar-refractivity contribution in [1.29, 1.82) is 0 Å². The normalized spacial score (nSPS) is 18.2. The molecule has 2 N–H and O–H groups in total. The van der Waals surface area contributed by atoms with Gasteiger partial charge in [-0.15, -0.1) is 0 Å². The summed E-state index contributed by atoms with van der Waals surface area (Å²) < 4.78 is 5.28. The lowest BCUT2D eigenvalue weighted by atomic mass is 10.1. The lowest BCUT2D eigenvalue weighted by molar-refractivity contribution is -0.133. The maximum atomic E-state index is 12.3. The summed E-state index contributed by atoms with van der Waals surface area (Å²) in [6, 6.07) is 4.15. The van der Waals surface area contributed by atoms with Crippen molar-refractivity contribution in [2.24, 2.45) is 0 Å². The predicted molar refractivity (Wildman–Crippen MR) is 78.9 cm³/mol. The van der Waals surface area contributed by atoms with E-state index >= 15 is 0 Å². The molecular formula is C15H21N3O2. The number of aryl methyl sites for hydroxylation is 1. The van der Waals surface area contributed by atoms with Crippen molar-refractivity contribution in [3.05, 3.63) is 23.3 Å². The number of carbonyl (C=O) groups is 1. The number of nitrogens with zero attached hydrogens (tertiary/aromatic N) is 2. The highest BCUT2D eigenvalue weighted by Crippen LogP contribution is 2.31. The van der Waals surface area contributed by atoms with Crippen LogP contribution in [0.5, 0.6) is 0 Å². The van der Waals surface area contributed by atoms with E-state index < -0.39 is 0 Å². The molecule has 0 atom stereocenters. The first-order valence-electron chi connectivity index (χ1n) is 7.14. The van der Waals surface area contributed by atoms with Crippen LogP contribution in [0.2, 0.25) is 0 Å². The van der Waals surface area contributed by atoms with Gasteiger partial charge in [0.05, 0.1) is 19.8 Å². The molecule has 3 rings (SSSR count). The number of nitrogen functional groups attached to an aromatic ring is 1. The first-order valence-corrected chi connectivity index (χ1v) is 7.14. The molecule has 2 heterocycles. The summed E-state index contributed by atoms with van der Waals surface area (Å²) >= 11 is 0. The largest absolute Gasteiger partial charge is 0.398 e. The quantitative estimate of drug-likeness (QED) is 0.811. The molecule has 5 heteroatoms. The Labute approximate surface area is 119 Å². The SMILES string of the molecule is Cc1cc2c(cc1N)N(CC(=O)N1CCOCC1)CC2. The molecule has 0 aliphatic carbocycles. The second-order valence-corrected chi connectivity index (χ2v) is 5.50. The van der Waals surface area contributed by atoms with Crippen LogP contribution in [0.1, 0.15) is 11.1 Å². The van der Waals surface area contributed by atoms with Crippen LogP contribution in [0.4, 0.5) is 11.4 Å². The summed E-state index contributed by atoms with van der Waals surface area (Å²) in [6.45, 7) is 6.06. The smallest absolute Gasteiger partial charge is 0.242 e. The Morgan fingerprint density at radius 2 is 2.05 bits per heavy atom. The molecule has 0 spiro atoms. The number of nitrogens with two attached hydrogens (primary N) is 1. The number of hydrogen-bond acceptors (Lipinski definition) is 4. The first kappa shape index (κ1) is 13.2. The monoisotopic (exact) mass is 275 g/mol. The third-order valence-electron chi connectivity index (χ3n) is 4.15. The molecule has 1 aromatic carbocycles. The Morgan fingerprint density at radius 1 is 1.30 bits per heavy atom. The maximum Gasteiger partial charge on any atom is 0.242 e. The van der Waals surface area contributed by atoms with Gasteiger partial charge in [0.1, 0.15) is 0 Å². The van der Waals surface area contributed by atoms with Gasteiger partial charge in [-0.2, -0.15) is 0 Å². The standard InChI is InChI=1S/C15H21N3O2/c1-11-8-12-2-3-18(14(12)9-13(11)16)10-15(19)17-4-6-20-7-5-17/h8-9H,2-7,10,16H2,1H3. The van der Waals surface area contributed by atoms with Gasteiger partial charge in [-0.1, -0.05) is 6.07 Å². The number of anilines is 2. The lowest BCUT2D eigenvalue weighted by Crippen LogP contribution is -2.45. The zero-order valence-corrected chi connectivity index (χ0v) is 11.9. The van der Waals surface area contributed by atoms with E-state index in [4.69, 9.17) is 10.5 Å². The van der Waals surface area contributed by atoms with E-state index in [-0.39, 0.29) is 5.91 Å². The highest BCUT2D eigenvalue weighted by Gasteiger charge is 2.25. The van der Waals surface area contributed by atoms with E-state index in [1.807, 2.05) is 17.9 Å². The van der Waals surface area contributed by atoms with Crippen LogP contribution in [0.25, 0.3) is 0 Å². The van der Waals surface area contributed by atoms with E-state index in [1.165, 1.54) is 5.56 Å². The number of morpholine rings is 1. The average molecular weight is 275 g/mol. The van der Waals surface area contributed by atoms with Gasteiger partial charge >= 0.3 is 0 Å². The van der Waals surface area contributed by atoms with Crippen LogP contribution in [0, 0.1) is 6.92 Å². The molecule has 0 unspecified atom stereocenters. The first-order chi connectivity index (χ1) is 9.65. The summed E-state index contributed by atoms with van der Waals surface area (Å²) in [5.74, 6) is 0.181. The van der Waals surface area contributed by atoms with E-state index in [0.717, 1.165) is 29.9 Å². The van der Waals surface area contributed by atoms with Crippen molar-refractivity contribution >= 4 is 17.3 Å². The van der Waals surface area contributed by atoms with Gasteiger partial charge in [-0.25, -0.2) is 0 Å². The number of amides is 1. The van der Waals surface area contributed by atoms with Crippen LogP contribution in [0.3, 0.4) is 0 Å². The van der Waals surface area contributed by atoms with Crippen LogP contribution in [-0.4, -0.2) is 50.2 Å². The lowest BCUT2D eigenvalue weighted by Gasteiger charge is -2.29. The van der Waals surface area contributed by atoms with Gasteiger partial charge in [0.25, 0.3) is 0 Å². The topological polar surface area (TPSA) is 58.8 Å². The average Bonchev–Trinajstić information content (AvgIpc) is 2.83. The Bertz CT molecular complexity index is 524. The Balaban J connectivity index is 1.71. The summed E-state index contributed by atoms with van der Waals surface area (Å²) in [7, 11) is 0. The van der Waals surface area contributed by atoms with Gasteiger partial charge < -0.3 is 20.3 Å². The van der Waals surface area contributed by atoms with Crippen molar-refractivity contribution in [2.75, 3.05) is 50.0 Å². The van der Waals surface area contributed by atoms with Gasteiger partial charge in [0.2, 0.25) is 5.91 Å². The van der Waals surface area contributed by atoms with Crippen LogP contribution < -0.4 is 10.6 Å². The molecule has 1 amide bonds. The summed E-state index contributed by atoms with van der Waals surface area (Å²) in [6.07, 6.45) is 0.993. The number of benzene rings is 1. The molecule has 2 aliphatic rings. The van der Waals surface area contributed by atoms with E-state index in [0.29, 0.717) is 32.8 Å². The van der Waals surface area contributed by atoms with E-state index in [9.17, 15) is 4.79 Å². The van der Waals surface area contributed by atoms with Crippen molar-refractivity contribution < 1.29 is 9.53 Å². The molecule has 1 aromatic rings. The van der Waals surface area contributed by atoms with Crippen LogP contribution in [-0.2, 0) is 16.0 Å². The highest BCUT2D eigenvalue weighted by molar-refractivity contribution is 5.83. The van der Waals surface area contributed by atoms with E-state index in [1.54, 1.807) is 0 Å². The zero-order chi connectivity index (χ0) is 14.1. The Kier molecular flexibility index (Phi) is 3.53. The molecule has 1 fully saturated rings. The molecule has 0 saturated carbocycles. The van der Waals surface area contributed by atoms with Crippen LogP contribution in [0.15, 0.2) is 12.1 Å². The minimum Gasteiger partial charge on any atom is -0.398 e. The molecule has 108 valence electrons. The van der Waals surface area contributed by atoms with Gasteiger partial charge in [-0.3, -0.25) is 4.79 Å². The number of rotatable bonds is 2. The van der Waals surface area contributed by atoms with Gasteiger partial charge in [0.15, 0.2) is 0 Å². The number of fused-ring (bicyclic) bond motifs is 1. The van der Waals surface area contributed by atoms with Crippen molar-refractivity contribution in [3.63, 3.8) is 0 Å². The van der Waals surface area contributed by atoms with E-state index in [2.05, 4.69) is 11.0 Å². The molecular weight excluding hydrogens is 254 g/mol. The van der Waals surface area contributed by atoms with Gasteiger partial charge in [-0.05, 0) is 30.5 Å². The fourth-order valence-electron chi connectivity index (χ4n) is 2.88. The fourth-order valence-corrected chi connectivity index (χ4v) is 2.88. The molecule has 0 aromatic heterocycles. The highest BCUT2D eigenvalue weighted by atomic mass is 16.5. The summed E-state index contributed by atoms with van der Waals surface area (Å²) in [5, 5.41) is 0. The minimum atomic E-state index is 0.181. The zero-order valence-electron chi connectivity index (χ0n) is 11.9. The number of carbonyl (C=O) groups excluding carboxylic acids is 1. The fraction of sp³-hybridized carbons (Fsp3) is 0.533. The maximum absolute atomic E-state index is 12.3. The molecule has 0 bridgehead atoms. The second-order valence-electron chi connectivity index (χ2n) is 5.50. The second kappa shape index (κ2) is 5.32. The minimum absolute atomic E-state index is 0.181. The molecule has 1 saturated heterocycles. The Morgan fingerprint density at radius 3 is 2.80 bits per heavy atom. The predicted octanol–water partition coefficient (Wildman–Crippen LogP) is 0.799. The Hall–Kier alpha value is -1.75. The van der Waals surface area contributed by atoms with Crippen molar-refractivity contribution in [1.82, 2.24) is 4.90 Å². The van der Waals surface area contributed by atoms with Crippen molar-refractivity contribution in [2.45, 2.75) is 13.3 Å². The summed E-state index contributed by atoms with van der Waals surface area (Å²) in [4.78, 5) is 16.3. The molecule has 5 nitrogen and oxygen atoms in total. The molecule has 0 radical (unpaired) electrons.